The second kappa shape index (κ2) is 5.17. The van der Waals surface area contributed by atoms with Crippen LogP contribution in [0, 0.1) is 6.92 Å². The van der Waals surface area contributed by atoms with Crippen molar-refractivity contribution in [3.63, 3.8) is 0 Å². The summed E-state index contributed by atoms with van der Waals surface area (Å²) in [7, 11) is 0. The molecule has 0 fully saturated rings. The average molecular weight is 302 g/mol. The minimum atomic E-state index is -0.650. The molecule has 7 heteroatoms. The molecule has 0 aliphatic rings. The lowest BCUT2D eigenvalue weighted by molar-refractivity contribution is 0.845. The maximum Gasteiger partial charge on any atom is 0.314 e. The highest BCUT2D eigenvalue weighted by Gasteiger charge is 2.09. The van der Waals surface area contributed by atoms with E-state index in [0.717, 1.165) is 16.4 Å². The van der Waals surface area contributed by atoms with Gasteiger partial charge in [0.25, 0.3) is 0 Å². The van der Waals surface area contributed by atoms with Crippen molar-refractivity contribution < 1.29 is 0 Å². The predicted octanol–water partition coefficient (Wildman–Crippen LogP) is 2.15. The molecule has 0 aliphatic carbocycles. The summed E-state index contributed by atoms with van der Waals surface area (Å²) < 4.78 is 0. The zero-order chi connectivity index (χ0) is 15.0. The van der Waals surface area contributed by atoms with E-state index >= 15 is 0 Å². The number of rotatable bonds is 3. The van der Waals surface area contributed by atoms with Crippen LogP contribution in [0.4, 0.5) is 5.69 Å². The van der Waals surface area contributed by atoms with Gasteiger partial charge in [0.15, 0.2) is 0 Å². The molecule has 21 heavy (non-hydrogen) atoms. The van der Waals surface area contributed by atoms with E-state index in [1.807, 2.05) is 25.3 Å². The Labute approximate surface area is 123 Å². The molecular weight excluding hydrogens is 288 g/mol. The number of fused-ring (bicyclic) bond motifs is 1. The zero-order valence-electron chi connectivity index (χ0n) is 11.6. The van der Waals surface area contributed by atoms with Crippen LogP contribution >= 0.6 is 11.3 Å². The van der Waals surface area contributed by atoms with E-state index in [1.54, 1.807) is 23.5 Å². The van der Waals surface area contributed by atoms with Gasteiger partial charge in [-0.05, 0) is 32.0 Å². The van der Waals surface area contributed by atoms with Gasteiger partial charge in [-0.25, -0.2) is 4.98 Å². The fourth-order valence-electron chi connectivity index (χ4n) is 2.11. The van der Waals surface area contributed by atoms with Gasteiger partial charge in [0.1, 0.15) is 0 Å². The number of hydrogen-bond acceptors (Lipinski definition) is 5. The van der Waals surface area contributed by atoms with E-state index in [-0.39, 0.29) is 6.04 Å². The molecular formula is C14H14N4O2S. The SMILES string of the molecule is Cc1nc(C(C)Nc2ccc3[nH]c(=O)c(=O)[nH]c3c2)cs1. The van der Waals surface area contributed by atoms with E-state index in [1.165, 1.54) is 0 Å². The lowest BCUT2D eigenvalue weighted by atomic mass is 10.2. The van der Waals surface area contributed by atoms with Crippen LogP contribution in [0.5, 0.6) is 0 Å². The minimum absolute atomic E-state index is 0.0573. The van der Waals surface area contributed by atoms with Crippen molar-refractivity contribution in [3.8, 4) is 0 Å². The molecule has 6 nitrogen and oxygen atoms in total. The second-order valence-electron chi connectivity index (χ2n) is 4.83. The molecule has 3 rings (SSSR count). The first kappa shape index (κ1) is 13.6. The smallest absolute Gasteiger partial charge is 0.314 e. The maximum absolute atomic E-state index is 11.4. The first-order valence-corrected chi connectivity index (χ1v) is 7.36. The predicted molar refractivity (Wildman–Crippen MR) is 84.1 cm³/mol. The van der Waals surface area contributed by atoms with E-state index in [2.05, 4.69) is 20.3 Å². The summed E-state index contributed by atoms with van der Waals surface area (Å²) >= 11 is 1.61. The maximum atomic E-state index is 11.4. The van der Waals surface area contributed by atoms with Gasteiger partial charge in [0.05, 0.1) is 27.8 Å². The normalized spacial score (nSPS) is 12.5. The van der Waals surface area contributed by atoms with Crippen molar-refractivity contribution in [2.45, 2.75) is 19.9 Å². The average Bonchev–Trinajstić information content (AvgIpc) is 2.87. The third-order valence-electron chi connectivity index (χ3n) is 3.19. The molecule has 0 saturated carbocycles. The van der Waals surface area contributed by atoms with Crippen molar-refractivity contribution in [3.05, 3.63) is 55.0 Å². The number of aryl methyl sites for hydroxylation is 1. The molecule has 2 aromatic heterocycles. The van der Waals surface area contributed by atoms with Crippen LogP contribution in [-0.2, 0) is 0 Å². The van der Waals surface area contributed by atoms with E-state index in [0.29, 0.717) is 11.0 Å². The number of H-pyrrole nitrogens is 2. The lowest BCUT2D eigenvalue weighted by Gasteiger charge is -2.13. The summed E-state index contributed by atoms with van der Waals surface area (Å²) in [5.74, 6) is 0. The van der Waals surface area contributed by atoms with Gasteiger partial charge in [-0.3, -0.25) is 9.59 Å². The molecule has 108 valence electrons. The van der Waals surface area contributed by atoms with Gasteiger partial charge in [-0.15, -0.1) is 11.3 Å². The van der Waals surface area contributed by atoms with Gasteiger partial charge in [-0.1, -0.05) is 0 Å². The highest BCUT2D eigenvalue weighted by molar-refractivity contribution is 7.09. The second-order valence-corrected chi connectivity index (χ2v) is 5.89. The van der Waals surface area contributed by atoms with Crippen LogP contribution in [0.25, 0.3) is 11.0 Å². The Hall–Kier alpha value is -2.41. The van der Waals surface area contributed by atoms with Crippen molar-refractivity contribution in [1.29, 1.82) is 0 Å². The van der Waals surface area contributed by atoms with Crippen LogP contribution in [0.3, 0.4) is 0 Å². The van der Waals surface area contributed by atoms with Crippen LogP contribution < -0.4 is 16.4 Å². The molecule has 0 aliphatic heterocycles. The molecule has 1 aromatic carbocycles. The Balaban J connectivity index is 1.92. The largest absolute Gasteiger partial charge is 0.377 e. The van der Waals surface area contributed by atoms with Gasteiger partial charge in [-0.2, -0.15) is 0 Å². The van der Waals surface area contributed by atoms with Crippen molar-refractivity contribution in [2.75, 3.05) is 5.32 Å². The van der Waals surface area contributed by atoms with Gasteiger partial charge in [0, 0.05) is 11.1 Å². The molecule has 0 spiro atoms. The monoisotopic (exact) mass is 302 g/mol. The van der Waals surface area contributed by atoms with Gasteiger partial charge >= 0.3 is 11.1 Å². The summed E-state index contributed by atoms with van der Waals surface area (Å²) in [5.41, 5.74) is 1.72. The lowest BCUT2D eigenvalue weighted by Crippen LogP contribution is -2.28. The fraction of sp³-hybridized carbons (Fsp3) is 0.214. The van der Waals surface area contributed by atoms with Crippen molar-refractivity contribution in [1.82, 2.24) is 15.0 Å². The highest BCUT2D eigenvalue weighted by atomic mass is 32.1. The number of anilines is 1. The molecule has 0 radical (unpaired) electrons. The zero-order valence-corrected chi connectivity index (χ0v) is 12.4. The standard InChI is InChI=1S/C14H14N4O2S/c1-7(12-6-21-8(2)16-12)15-9-3-4-10-11(5-9)18-14(20)13(19)17-10/h3-7,15H,1-2H3,(H,17,19)(H,18,20). The minimum Gasteiger partial charge on any atom is -0.377 e. The molecule has 2 heterocycles. The van der Waals surface area contributed by atoms with Crippen LogP contribution in [0.2, 0.25) is 0 Å². The molecule has 1 unspecified atom stereocenters. The highest BCUT2D eigenvalue weighted by Crippen LogP contribution is 2.22. The molecule has 1 atom stereocenters. The summed E-state index contributed by atoms with van der Waals surface area (Å²) in [4.78, 5) is 32.2. The quantitative estimate of drug-likeness (QED) is 0.647. The molecule has 0 bridgehead atoms. The molecule has 0 saturated heterocycles. The van der Waals surface area contributed by atoms with Gasteiger partial charge in [0.2, 0.25) is 0 Å². The Morgan fingerprint density at radius 3 is 2.57 bits per heavy atom. The van der Waals surface area contributed by atoms with Crippen LogP contribution in [-0.4, -0.2) is 15.0 Å². The Morgan fingerprint density at radius 1 is 1.19 bits per heavy atom. The summed E-state index contributed by atoms with van der Waals surface area (Å²) in [6.45, 7) is 3.99. The van der Waals surface area contributed by atoms with E-state index in [4.69, 9.17) is 0 Å². The number of aromatic nitrogens is 3. The third-order valence-corrected chi connectivity index (χ3v) is 3.98. The van der Waals surface area contributed by atoms with Crippen LogP contribution in [0.15, 0.2) is 33.2 Å². The van der Waals surface area contributed by atoms with E-state index in [9.17, 15) is 9.59 Å². The Kier molecular flexibility index (Phi) is 3.34. The first-order chi connectivity index (χ1) is 10.0. The van der Waals surface area contributed by atoms with Crippen LogP contribution in [0.1, 0.15) is 23.7 Å². The summed E-state index contributed by atoms with van der Waals surface area (Å²) in [6, 6.07) is 5.46. The number of aromatic amines is 2. The molecule has 3 N–H and O–H groups in total. The first-order valence-electron chi connectivity index (χ1n) is 6.48. The summed E-state index contributed by atoms with van der Waals surface area (Å²) in [5, 5.41) is 6.38. The number of nitrogens with one attached hydrogen (secondary N) is 3. The fourth-order valence-corrected chi connectivity index (χ4v) is 2.81. The third kappa shape index (κ3) is 2.73. The Bertz CT molecular complexity index is 909. The number of thiazole rings is 1. The molecule has 0 amide bonds. The van der Waals surface area contributed by atoms with Crippen molar-refractivity contribution in [2.24, 2.45) is 0 Å². The number of benzene rings is 1. The number of hydrogen-bond donors (Lipinski definition) is 3. The number of nitrogens with zero attached hydrogens (tertiary/aromatic N) is 1. The van der Waals surface area contributed by atoms with Crippen molar-refractivity contribution >= 4 is 28.1 Å². The Morgan fingerprint density at radius 2 is 1.90 bits per heavy atom. The van der Waals surface area contributed by atoms with E-state index < -0.39 is 11.1 Å². The van der Waals surface area contributed by atoms with Gasteiger partial charge < -0.3 is 15.3 Å². The molecule has 3 aromatic rings. The topological polar surface area (TPSA) is 90.6 Å². The summed E-state index contributed by atoms with van der Waals surface area (Å²) in [6.07, 6.45) is 0.